The third kappa shape index (κ3) is 4.27. The van der Waals surface area contributed by atoms with Crippen LogP contribution in [0.25, 0.3) is 6.08 Å². The van der Waals surface area contributed by atoms with Crippen LogP contribution in [0.5, 0.6) is 11.5 Å². The van der Waals surface area contributed by atoms with Crippen LogP contribution in [0, 0.1) is 6.92 Å². The second-order valence-electron chi connectivity index (χ2n) is 6.63. The SMILES string of the molecule is Cc1cc(OCc2ccc(Cl)cc2)cc2c1C(=O)/C(=C/c1ccc(Cl)cc1Cl)O2. The zero-order valence-corrected chi connectivity index (χ0v) is 17.6. The number of aryl methyl sites for hydroxylation is 1. The maximum absolute atomic E-state index is 12.8. The first kappa shape index (κ1) is 19.8. The fourth-order valence-corrected chi connectivity index (χ4v) is 3.66. The van der Waals surface area contributed by atoms with Crippen molar-refractivity contribution in [3.8, 4) is 11.5 Å². The van der Waals surface area contributed by atoms with Crippen LogP contribution in [-0.4, -0.2) is 5.78 Å². The number of allylic oxidation sites excluding steroid dienone is 1. The van der Waals surface area contributed by atoms with E-state index in [4.69, 9.17) is 44.3 Å². The van der Waals surface area contributed by atoms with E-state index in [1.54, 1.807) is 30.3 Å². The lowest BCUT2D eigenvalue weighted by Gasteiger charge is -2.09. The molecule has 3 aromatic rings. The van der Waals surface area contributed by atoms with E-state index in [1.807, 2.05) is 37.3 Å². The predicted octanol–water partition coefficient (Wildman–Crippen LogP) is 7.15. The van der Waals surface area contributed by atoms with Crippen molar-refractivity contribution < 1.29 is 14.3 Å². The Hall–Kier alpha value is -2.46. The van der Waals surface area contributed by atoms with Crippen LogP contribution >= 0.6 is 34.8 Å². The molecule has 0 atom stereocenters. The molecule has 3 nitrogen and oxygen atoms in total. The normalized spacial score (nSPS) is 14.1. The van der Waals surface area contributed by atoms with Gasteiger partial charge in [0.2, 0.25) is 5.78 Å². The molecule has 0 aromatic heterocycles. The minimum Gasteiger partial charge on any atom is -0.489 e. The molecule has 6 heteroatoms. The summed E-state index contributed by atoms with van der Waals surface area (Å²) in [5.41, 5.74) is 2.95. The zero-order chi connectivity index (χ0) is 20.5. The first-order valence-electron chi connectivity index (χ1n) is 8.82. The molecule has 0 amide bonds. The topological polar surface area (TPSA) is 35.5 Å². The number of benzene rings is 3. The first-order chi connectivity index (χ1) is 13.9. The van der Waals surface area contributed by atoms with Gasteiger partial charge in [-0.25, -0.2) is 0 Å². The lowest BCUT2D eigenvalue weighted by Crippen LogP contribution is -2.00. The van der Waals surface area contributed by atoms with E-state index in [1.165, 1.54) is 0 Å². The maximum Gasteiger partial charge on any atom is 0.232 e. The van der Waals surface area contributed by atoms with Crippen LogP contribution < -0.4 is 9.47 Å². The number of Topliss-reactive ketones (excluding diaryl/α,β-unsaturated/α-hetero) is 1. The Bertz CT molecular complexity index is 1130. The standard InChI is InChI=1S/C23H15Cl3O3/c1-13-8-18(28-12-14-2-5-16(24)6-3-14)11-20-22(13)23(27)21(29-20)9-15-4-7-17(25)10-19(15)26/h2-11H,12H2,1H3/b21-9-. The second-order valence-corrected chi connectivity index (χ2v) is 7.91. The number of carbonyl (C=O) groups excluding carboxylic acids is 1. The van der Waals surface area contributed by atoms with Crippen LogP contribution in [-0.2, 0) is 6.61 Å². The summed E-state index contributed by atoms with van der Waals surface area (Å²) in [6.07, 6.45) is 1.62. The van der Waals surface area contributed by atoms with Crippen molar-refractivity contribution in [2.45, 2.75) is 13.5 Å². The van der Waals surface area contributed by atoms with Gasteiger partial charge in [-0.2, -0.15) is 0 Å². The summed E-state index contributed by atoms with van der Waals surface area (Å²) in [5, 5.41) is 1.65. The monoisotopic (exact) mass is 444 g/mol. The number of ether oxygens (including phenoxy) is 2. The smallest absolute Gasteiger partial charge is 0.232 e. The highest BCUT2D eigenvalue weighted by atomic mass is 35.5. The third-order valence-electron chi connectivity index (χ3n) is 4.51. The van der Waals surface area contributed by atoms with Gasteiger partial charge in [-0.15, -0.1) is 0 Å². The molecule has 0 aliphatic carbocycles. The highest BCUT2D eigenvalue weighted by molar-refractivity contribution is 6.35. The highest BCUT2D eigenvalue weighted by Gasteiger charge is 2.30. The minimum atomic E-state index is -0.187. The molecule has 0 fully saturated rings. The molecule has 146 valence electrons. The molecule has 0 saturated carbocycles. The van der Waals surface area contributed by atoms with Gasteiger partial charge in [0.15, 0.2) is 5.76 Å². The van der Waals surface area contributed by atoms with E-state index in [-0.39, 0.29) is 11.5 Å². The van der Waals surface area contributed by atoms with Gasteiger partial charge in [0, 0.05) is 21.1 Å². The van der Waals surface area contributed by atoms with E-state index >= 15 is 0 Å². The van der Waals surface area contributed by atoms with Gasteiger partial charge in [-0.05, 0) is 60.0 Å². The van der Waals surface area contributed by atoms with Gasteiger partial charge in [0.1, 0.15) is 18.1 Å². The molecule has 3 aromatic carbocycles. The van der Waals surface area contributed by atoms with Gasteiger partial charge >= 0.3 is 0 Å². The maximum atomic E-state index is 12.8. The summed E-state index contributed by atoms with van der Waals surface area (Å²) in [7, 11) is 0. The largest absolute Gasteiger partial charge is 0.489 e. The van der Waals surface area contributed by atoms with Gasteiger partial charge < -0.3 is 9.47 Å². The molecule has 0 spiro atoms. The van der Waals surface area contributed by atoms with Gasteiger partial charge in [0.05, 0.1) is 5.56 Å². The quantitative estimate of drug-likeness (QED) is 0.400. The predicted molar refractivity (Wildman–Crippen MR) is 116 cm³/mol. The van der Waals surface area contributed by atoms with E-state index in [0.29, 0.717) is 44.3 Å². The van der Waals surface area contributed by atoms with Crippen molar-refractivity contribution in [3.63, 3.8) is 0 Å². The Morgan fingerprint density at radius 2 is 1.69 bits per heavy atom. The summed E-state index contributed by atoms with van der Waals surface area (Å²) in [4.78, 5) is 12.8. The van der Waals surface area contributed by atoms with E-state index < -0.39 is 0 Å². The average molecular weight is 446 g/mol. The molecule has 4 rings (SSSR count). The number of fused-ring (bicyclic) bond motifs is 1. The summed E-state index contributed by atoms with van der Waals surface area (Å²) in [6.45, 7) is 2.24. The Balaban J connectivity index is 1.57. The van der Waals surface area contributed by atoms with Crippen molar-refractivity contribution in [2.75, 3.05) is 0 Å². The molecule has 0 N–H and O–H groups in total. The summed E-state index contributed by atoms with van der Waals surface area (Å²) >= 11 is 18.0. The van der Waals surface area contributed by atoms with Crippen LogP contribution in [0.1, 0.15) is 27.0 Å². The summed E-state index contributed by atoms with van der Waals surface area (Å²) < 4.78 is 11.7. The van der Waals surface area contributed by atoms with Crippen molar-refractivity contribution in [2.24, 2.45) is 0 Å². The molecule has 29 heavy (non-hydrogen) atoms. The van der Waals surface area contributed by atoms with Gasteiger partial charge in [-0.3, -0.25) is 4.79 Å². The van der Waals surface area contributed by atoms with Gasteiger partial charge in [0.25, 0.3) is 0 Å². The Morgan fingerprint density at radius 1 is 0.966 bits per heavy atom. The lowest BCUT2D eigenvalue weighted by atomic mass is 10.0. The third-order valence-corrected chi connectivity index (χ3v) is 5.33. The molecule has 0 unspecified atom stereocenters. The molecule has 1 aliphatic heterocycles. The summed E-state index contributed by atoms with van der Waals surface area (Å²) in [6, 6.07) is 16.1. The van der Waals surface area contributed by atoms with Gasteiger partial charge in [-0.1, -0.05) is 53.0 Å². The summed E-state index contributed by atoms with van der Waals surface area (Å²) in [5.74, 6) is 1.11. The number of hydrogen-bond donors (Lipinski definition) is 0. The lowest BCUT2D eigenvalue weighted by molar-refractivity contribution is 0.101. The number of hydrogen-bond acceptors (Lipinski definition) is 3. The number of ketones is 1. The Morgan fingerprint density at radius 3 is 2.41 bits per heavy atom. The van der Waals surface area contributed by atoms with Crippen LogP contribution in [0.3, 0.4) is 0 Å². The van der Waals surface area contributed by atoms with Crippen molar-refractivity contribution >= 4 is 46.7 Å². The highest BCUT2D eigenvalue weighted by Crippen LogP contribution is 2.38. The van der Waals surface area contributed by atoms with E-state index in [9.17, 15) is 4.79 Å². The Labute approximate surface area is 183 Å². The van der Waals surface area contributed by atoms with Crippen LogP contribution in [0.2, 0.25) is 15.1 Å². The van der Waals surface area contributed by atoms with Crippen molar-refractivity contribution in [1.29, 1.82) is 0 Å². The van der Waals surface area contributed by atoms with Crippen LogP contribution in [0.4, 0.5) is 0 Å². The first-order valence-corrected chi connectivity index (χ1v) is 9.95. The molecular formula is C23H15Cl3O3. The molecule has 0 saturated heterocycles. The van der Waals surface area contributed by atoms with Crippen LogP contribution in [0.15, 0.2) is 60.4 Å². The van der Waals surface area contributed by atoms with E-state index in [0.717, 1.165) is 11.1 Å². The number of halogens is 3. The molecular weight excluding hydrogens is 431 g/mol. The molecule has 0 radical (unpaired) electrons. The molecule has 1 aliphatic rings. The fourth-order valence-electron chi connectivity index (χ4n) is 3.07. The second kappa shape index (κ2) is 8.11. The fraction of sp³-hybridized carbons (Fsp3) is 0.0870. The van der Waals surface area contributed by atoms with Crippen molar-refractivity contribution in [1.82, 2.24) is 0 Å². The minimum absolute atomic E-state index is 0.187. The van der Waals surface area contributed by atoms with E-state index in [2.05, 4.69) is 0 Å². The molecule has 1 heterocycles. The zero-order valence-electron chi connectivity index (χ0n) is 15.3. The average Bonchev–Trinajstić information content (AvgIpc) is 2.99. The Kier molecular flexibility index (Phi) is 5.55. The molecule has 0 bridgehead atoms. The number of rotatable bonds is 4. The number of carbonyl (C=O) groups is 1. The van der Waals surface area contributed by atoms with Crippen molar-refractivity contribution in [3.05, 3.63) is 97.7 Å².